The third-order valence-corrected chi connectivity index (χ3v) is 11.7. The summed E-state index contributed by atoms with van der Waals surface area (Å²) in [5.41, 5.74) is 3.62. The molecule has 5 nitrogen and oxygen atoms in total. The number of carbonyl (C=O) groups is 2. The molecule has 0 spiro atoms. The summed E-state index contributed by atoms with van der Waals surface area (Å²) in [4.78, 5) is 34.9. The molecule has 0 bridgehead atoms. The summed E-state index contributed by atoms with van der Waals surface area (Å²) in [5, 5.41) is 1.16. The van der Waals surface area contributed by atoms with E-state index in [9.17, 15) is 9.59 Å². The normalized spacial score (nSPS) is 38.4. The molecule has 1 aromatic heterocycles. The van der Waals surface area contributed by atoms with Crippen LogP contribution in [0.4, 0.5) is 0 Å². The van der Waals surface area contributed by atoms with E-state index in [2.05, 4.69) is 44.2 Å². The second-order valence-corrected chi connectivity index (χ2v) is 13.2. The van der Waals surface area contributed by atoms with Gasteiger partial charge in [0.1, 0.15) is 0 Å². The number of hydrogen-bond donors (Lipinski definition) is 0. The molecule has 0 radical (unpaired) electrons. The van der Waals surface area contributed by atoms with Crippen molar-refractivity contribution in [3.05, 3.63) is 53.7 Å². The maximum Gasteiger partial charge on any atom is 0.246 e. The molecule has 3 heterocycles. The molecule has 1 aromatic carbocycles. The first-order chi connectivity index (χ1) is 17.8. The Morgan fingerprint density at radius 1 is 1.05 bits per heavy atom. The number of pyridine rings is 1. The molecule has 2 amide bonds. The Morgan fingerprint density at radius 3 is 2.76 bits per heavy atom. The van der Waals surface area contributed by atoms with Gasteiger partial charge < -0.3 is 9.80 Å². The molecule has 37 heavy (non-hydrogen) atoms. The van der Waals surface area contributed by atoms with Crippen molar-refractivity contribution < 1.29 is 9.59 Å². The van der Waals surface area contributed by atoms with Crippen LogP contribution in [0, 0.1) is 34.5 Å². The molecule has 2 aliphatic heterocycles. The average Bonchev–Trinajstić information content (AvgIpc) is 3.45. The monoisotopic (exact) mass is 497 g/mol. The minimum Gasteiger partial charge on any atom is -0.338 e. The Labute approximate surface area is 220 Å². The van der Waals surface area contributed by atoms with Crippen molar-refractivity contribution in [3.63, 3.8) is 0 Å². The van der Waals surface area contributed by atoms with Crippen molar-refractivity contribution in [3.8, 4) is 0 Å². The van der Waals surface area contributed by atoms with Gasteiger partial charge in [-0.05, 0) is 91.4 Å². The Hall–Kier alpha value is -2.69. The number of amides is 2. The lowest BCUT2D eigenvalue weighted by atomic mass is 9.47. The molecular formula is C32H39N3O2. The highest BCUT2D eigenvalue weighted by Gasteiger charge is 2.60. The summed E-state index contributed by atoms with van der Waals surface area (Å²) < 4.78 is 0. The number of para-hydroxylation sites is 1. The molecule has 2 aromatic rings. The first-order valence-electron chi connectivity index (χ1n) is 14.4. The summed E-state index contributed by atoms with van der Waals surface area (Å²) in [6.07, 6.45) is 11.9. The number of fused-ring (bicyclic) bond motifs is 7. The molecule has 3 saturated carbocycles. The Balaban J connectivity index is 1.07. The lowest BCUT2D eigenvalue weighted by Gasteiger charge is -2.60. The number of hydrogen-bond acceptors (Lipinski definition) is 3. The van der Waals surface area contributed by atoms with E-state index in [1.165, 1.54) is 37.7 Å². The number of nitrogens with zero attached hydrogens (tertiary/aromatic N) is 3. The third kappa shape index (κ3) is 3.38. The van der Waals surface area contributed by atoms with Crippen LogP contribution in [0.2, 0.25) is 0 Å². The van der Waals surface area contributed by atoms with Crippen molar-refractivity contribution in [1.29, 1.82) is 0 Å². The molecule has 7 atom stereocenters. The lowest BCUT2D eigenvalue weighted by molar-refractivity contribution is -0.140. The topological polar surface area (TPSA) is 53.5 Å². The summed E-state index contributed by atoms with van der Waals surface area (Å²) in [5.74, 6) is 2.98. The van der Waals surface area contributed by atoms with Crippen LogP contribution in [0.15, 0.2) is 42.5 Å². The first-order valence-corrected chi connectivity index (χ1v) is 14.4. The van der Waals surface area contributed by atoms with Crippen LogP contribution in [0.3, 0.4) is 0 Å². The molecule has 3 fully saturated rings. The van der Waals surface area contributed by atoms with Gasteiger partial charge in [0.05, 0.1) is 17.8 Å². The van der Waals surface area contributed by atoms with Gasteiger partial charge >= 0.3 is 0 Å². The highest BCUT2D eigenvalue weighted by Crippen LogP contribution is 2.66. The van der Waals surface area contributed by atoms with E-state index in [4.69, 9.17) is 4.98 Å². The zero-order chi connectivity index (χ0) is 25.5. The zero-order valence-corrected chi connectivity index (χ0v) is 22.5. The lowest BCUT2D eigenvalue weighted by Crippen LogP contribution is -2.59. The largest absolute Gasteiger partial charge is 0.338 e. The van der Waals surface area contributed by atoms with E-state index in [1.54, 1.807) is 0 Å². The number of benzene rings is 1. The van der Waals surface area contributed by atoms with Crippen LogP contribution in [-0.2, 0) is 22.7 Å². The van der Waals surface area contributed by atoms with Gasteiger partial charge in [-0.2, -0.15) is 0 Å². The molecule has 5 aliphatic rings. The van der Waals surface area contributed by atoms with E-state index in [1.807, 2.05) is 29.0 Å². The van der Waals surface area contributed by atoms with E-state index < -0.39 is 0 Å². The van der Waals surface area contributed by atoms with Crippen molar-refractivity contribution >= 4 is 22.7 Å². The zero-order valence-electron chi connectivity index (χ0n) is 22.5. The molecule has 0 saturated heterocycles. The van der Waals surface area contributed by atoms with Gasteiger partial charge in [-0.25, -0.2) is 0 Å². The van der Waals surface area contributed by atoms with Gasteiger partial charge in [-0.15, -0.1) is 0 Å². The minimum atomic E-state index is 0.0820. The van der Waals surface area contributed by atoms with Crippen molar-refractivity contribution in [2.45, 2.75) is 77.9 Å². The average molecular weight is 498 g/mol. The molecular weight excluding hydrogens is 458 g/mol. The predicted octanol–water partition coefficient (Wildman–Crippen LogP) is 5.72. The predicted molar refractivity (Wildman–Crippen MR) is 144 cm³/mol. The van der Waals surface area contributed by atoms with Crippen molar-refractivity contribution in [2.75, 3.05) is 7.05 Å². The summed E-state index contributed by atoms with van der Waals surface area (Å²) in [7, 11) is 1.99. The Kier molecular flexibility index (Phi) is 5.16. The van der Waals surface area contributed by atoms with Gasteiger partial charge in [0.15, 0.2) is 0 Å². The molecule has 3 aliphatic carbocycles. The minimum absolute atomic E-state index is 0.0820. The second kappa shape index (κ2) is 8.15. The van der Waals surface area contributed by atoms with Gasteiger partial charge in [-0.1, -0.05) is 38.1 Å². The highest BCUT2D eigenvalue weighted by molar-refractivity contribution is 5.89. The highest BCUT2D eigenvalue weighted by atomic mass is 16.2. The summed E-state index contributed by atoms with van der Waals surface area (Å²) in [6.45, 7) is 6.26. The van der Waals surface area contributed by atoms with E-state index in [0.717, 1.165) is 23.0 Å². The first kappa shape index (κ1) is 23.4. The third-order valence-electron chi connectivity index (χ3n) is 11.7. The Morgan fingerprint density at radius 2 is 1.89 bits per heavy atom. The summed E-state index contributed by atoms with van der Waals surface area (Å²) in [6, 6.07) is 10.8. The number of likely N-dealkylation sites (N-methyl/N-ethyl adjacent to an activating group) is 1. The van der Waals surface area contributed by atoms with Crippen LogP contribution in [0.1, 0.15) is 70.1 Å². The number of carbonyl (C=O) groups excluding carboxylic acids is 2. The van der Waals surface area contributed by atoms with Gasteiger partial charge in [0.25, 0.3) is 0 Å². The fourth-order valence-electron chi connectivity index (χ4n) is 9.61. The van der Waals surface area contributed by atoms with Crippen LogP contribution in [-0.4, -0.2) is 39.7 Å². The molecule has 194 valence electrons. The number of rotatable bonds is 2. The SMILES string of the molecule is CN1C(=O)C=C[C@]2(C)[C@H]3CC[C@]4(C)[C@@H](CC(=O)N5Cc6cc7ccccc7nc6C5)CC[C@H]4[C@@H]3CC[C@@H]12. The maximum atomic E-state index is 13.6. The van der Waals surface area contributed by atoms with E-state index >= 15 is 0 Å². The van der Waals surface area contributed by atoms with Crippen LogP contribution in [0.5, 0.6) is 0 Å². The molecule has 7 rings (SSSR count). The number of aromatic nitrogens is 1. The van der Waals surface area contributed by atoms with Gasteiger partial charge in [-0.3, -0.25) is 14.6 Å². The van der Waals surface area contributed by atoms with E-state index in [0.29, 0.717) is 55.1 Å². The second-order valence-electron chi connectivity index (χ2n) is 13.2. The molecule has 0 N–H and O–H groups in total. The summed E-state index contributed by atoms with van der Waals surface area (Å²) >= 11 is 0. The fourth-order valence-corrected chi connectivity index (χ4v) is 9.61. The smallest absolute Gasteiger partial charge is 0.246 e. The molecule has 0 unspecified atom stereocenters. The fraction of sp³-hybridized carbons (Fsp3) is 0.594. The molecule has 5 heteroatoms. The van der Waals surface area contributed by atoms with Crippen LogP contribution in [0.25, 0.3) is 10.9 Å². The maximum absolute atomic E-state index is 13.6. The van der Waals surface area contributed by atoms with Crippen molar-refractivity contribution in [1.82, 2.24) is 14.8 Å². The van der Waals surface area contributed by atoms with Crippen LogP contribution >= 0.6 is 0 Å². The van der Waals surface area contributed by atoms with Gasteiger partial charge in [0, 0.05) is 36.9 Å². The van der Waals surface area contributed by atoms with Crippen molar-refractivity contribution in [2.24, 2.45) is 34.5 Å². The van der Waals surface area contributed by atoms with E-state index in [-0.39, 0.29) is 16.7 Å². The van der Waals surface area contributed by atoms with Gasteiger partial charge in [0.2, 0.25) is 11.8 Å². The standard InChI is InChI=1S/C32H39N3O2/c1-31-14-12-25-23(9-11-28-32(25,2)15-13-29(36)34(28)3)24(31)10-8-22(31)17-30(37)35-18-21-16-20-6-4-5-7-26(20)33-27(21)19-35/h4-7,13,15-16,22-25,28H,8-12,14,17-19H2,1-3H3/t22-,23+,24+,25+,28-,31-,32-/m1/s1. The Bertz CT molecular complexity index is 1270. The quantitative estimate of drug-likeness (QED) is 0.533. The van der Waals surface area contributed by atoms with Crippen LogP contribution < -0.4 is 0 Å².